The van der Waals surface area contributed by atoms with Crippen LogP contribution in [-0.2, 0) is 13.1 Å². The number of ether oxygens (including phenoxy) is 3. The lowest BCUT2D eigenvalue weighted by Gasteiger charge is -2.29. The first-order chi connectivity index (χ1) is 16.9. The number of fused-ring (bicyclic) bond motifs is 3. The van der Waals surface area contributed by atoms with Gasteiger partial charge in [0.1, 0.15) is 23.8 Å². The van der Waals surface area contributed by atoms with Crippen molar-refractivity contribution in [3.63, 3.8) is 0 Å². The summed E-state index contributed by atoms with van der Waals surface area (Å²) in [5.74, 6) is 2.21. The van der Waals surface area contributed by atoms with Crippen LogP contribution in [-0.4, -0.2) is 18.2 Å². The Morgan fingerprint density at radius 1 is 1.06 bits per heavy atom. The lowest BCUT2D eigenvalue weighted by Crippen LogP contribution is -2.32. The highest BCUT2D eigenvalue weighted by molar-refractivity contribution is 6.35. The molecule has 35 heavy (non-hydrogen) atoms. The minimum absolute atomic E-state index is 0.131. The average molecular weight is 512 g/mol. The van der Waals surface area contributed by atoms with Crippen LogP contribution in [0.4, 0.5) is 0 Å². The second-order valence-electron chi connectivity index (χ2n) is 8.21. The van der Waals surface area contributed by atoms with E-state index in [1.807, 2.05) is 31.2 Å². The van der Waals surface area contributed by atoms with Gasteiger partial charge >= 0.3 is 0 Å². The summed E-state index contributed by atoms with van der Waals surface area (Å²) in [6, 6.07) is 16.2. The molecule has 1 aliphatic heterocycles. The van der Waals surface area contributed by atoms with E-state index in [0.717, 1.165) is 11.1 Å². The minimum atomic E-state index is -0.254. The molecule has 0 atom stereocenters. The van der Waals surface area contributed by atoms with Gasteiger partial charge < -0.3 is 18.6 Å². The van der Waals surface area contributed by atoms with Gasteiger partial charge in [-0.05, 0) is 55.8 Å². The molecule has 6 nitrogen and oxygen atoms in total. The van der Waals surface area contributed by atoms with Crippen molar-refractivity contribution in [3.05, 3.63) is 91.8 Å². The standard InChI is InChI=1S/C27H23Cl2NO5/c1-3-32-23-6-4-5-7-24(23)35-26-16(2)34-27-19(25(26)31)10-11-22-20(27)14-30(15-33-22)13-17-8-9-18(28)12-21(17)29/h4-12H,3,13-15H2,1-2H3. The summed E-state index contributed by atoms with van der Waals surface area (Å²) in [4.78, 5) is 15.5. The molecule has 8 heteroatoms. The number of aryl methyl sites for hydroxylation is 1. The Bertz CT molecular complexity index is 1470. The van der Waals surface area contributed by atoms with Crippen molar-refractivity contribution in [1.29, 1.82) is 0 Å². The second kappa shape index (κ2) is 9.82. The summed E-state index contributed by atoms with van der Waals surface area (Å²) in [6.07, 6.45) is 0. The number of hydrogen-bond acceptors (Lipinski definition) is 6. The third-order valence-electron chi connectivity index (χ3n) is 5.80. The molecule has 5 rings (SSSR count). The summed E-state index contributed by atoms with van der Waals surface area (Å²) < 4.78 is 23.8. The molecule has 0 saturated heterocycles. The van der Waals surface area contributed by atoms with Crippen molar-refractivity contribution < 1.29 is 18.6 Å². The van der Waals surface area contributed by atoms with Crippen LogP contribution < -0.4 is 19.6 Å². The van der Waals surface area contributed by atoms with Crippen LogP contribution in [0.2, 0.25) is 10.0 Å². The van der Waals surface area contributed by atoms with E-state index >= 15 is 0 Å². The van der Waals surface area contributed by atoms with Gasteiger partial charge in [-0.1, -0.05) is 41.4 Å². The quantitative estimate of drug-likeness (QED) is 0.279. The van der Waals surface area contributed by atoms with Crippen LogP contribution in [0.3, 0.4) is 0 Å². The summed E-state index contributed by atoms with van der Waals surface area (Å²) >= 11 is 12.4. The third-order valence-corrected chi connectivity index (χ3v) is 6.38. The van der Waals surface area contributed by atoms with E-state index in [1.165, 1.54) is 0 Å². The first-order valence-electron chi connectivity index (χ1n) is 11.2. The summed E-state index contributed by atoms with van der Waals surface area (Å²) in [5.41, 5.74) is 1.98. The fourth-order valence-electron chi connectivity index (χ4n) is 4.13. The van der Waals surface area contributed by atoms with Crippen molar-refractivity contribution in [2.24, 2.45) is 0 Å². The van der Waals surface area contributed by atoms with Crippen LogP contribution in [0.1, 0.15) is 23.8 Å². The number of benzene rings is 3. The lowest BCUT2D eigenvalue weighted by atomic mass is 10.1. The fraction of sp³-hybridized carbons (Fsp3) is 0.222. The summed E-state index contributed by atoms with van der Waals surface area (Å²) in [7, 11) is 0. The normalized spacial score (nSPS) is 13.4. The zero-order valence-electron chi connectivity index (χ0n) is 19.3. The van der Waals surface area contributed by atoms with E-state index < -0.39 is 0 Å². The minimum Gasteiger partial charge on any atom is -0.490 e. The monoisotopic (exact) mass is 511 g/mol. The molecular formula is C27H23Cl2NO5. The molecule has 0 aliphatic carbocycles. The van der Waals surface area contributed by atoms with Crippen LogP contribution in [0.15, 0.2) is 63.8 Å². The Balaban J connectivity index is 1.49. The van der Waals surface area contributed by atoms with Crippen molar-refractivity contribution in [1.82, 2.24) is 4.90 Å². The van der Waals surface area contributed by atoms with Crippen LogP contribution >= 0.6 is 23.2 Å². The molecule has 0 saturated carbocycles. The Kier molecular flexibility index (Phi) is 6.60. The Morgan fingerprint density at radius 3 is 2.63 bits per heavy atom. The SMILES string of the molecule is CCOc1ccccc1Oc1c(C)oc2c3c(ccc2c1=O)OCN(Cc1ccc(Cl)cc1Cl)C3. The molecule has 180 valence electrons. The van der Waals surface area contributed by atoms with E-state index in [0.29, 0.717) is 70.5 Å². The zero-order chi connectivity index (χ0) is 24.5. The maximum absolute atomic E-state index is 13.4. The Morgan fingerprint density at radius 2 is 1.86 bits per heavy atom. The van der Waals surface area contributed by atoms with Gasteiger partial charge in [0.15, 0.2) is 11.5 Å². The molecule has 0 amide bonds. The Hall–Kier alpha value is -3.19. The molecule has 3 aromatic carbocycles. The average Bonchev–Trinajstić information content (AvgIpc) is 2.84. The smallest absolute Gasteiger partial charge is 0.235 e. The highest BCUT2D eigenvalue weighted by Gasteiger charge is 2.25. The number of halogens is 2. The summed E-state index contributed by atoms with van der Waals surface area (Å²) in [6.45, 7) is 5.56. The maximum Gasteiger partial charge on any atom is 0.235 e. The molecule has 2 heterocycles. The van der Waals surface area contributed by atoms with E-state index in [2.05, 4.69) is 4.90 Å². The van der Waals surface area contributed by atoms with Crippen LogP contribution in [0.25, 0.3) is 11.0 Å². The number of hydrogen-bond donors (Lipinski definition) is 0. The van der Waals surface area contributed by atoms with Gasteiger partial charge in [-0.25, -0.2) is 0 Å². The van der Waals surface area contributed by atoms with E-state index in [9.17, 15) is 4.79 Å². The van der Waals surface area contributed by atoms with E-state index in [1.54, 1.807) is 37.3 Å². The third kappa shape index (κ3) is 4.69. The largest absolute Gasteiger partial charge is 0.490 e. The first kappa shape index (κ1) is 23.5. The maximum atomic E-state index is 13.4. The van der Waals surface area contributed by atoms with Gasteiger partial charge in [0, 0.05) is 23.1 Å². The summed E-state index contributed by atoms with van der Waals surface area (Å²) in [5, 5.41) is 1.61. The molecule has 1 aliphatic rings. The molecule has 0 spiro atoms. The zero-order valence-corrected chi connectivity index (χ0v) is 20.8. The van der Waals surface area contributed by atoms with Gasteiger partial charge in [-0.2, -0.15) is 0 Å². The molecule has 0 radical (unpaired) electrons. The number of nitrogens with zero attached hydrogens (tertiary/aromatic N) is 1. The lowest BCUT2D eigenvalue weighted by molar-refractivity contribution is 0.0890. The molecule has 0 fully saturated rings. The van der Waals surface area contributed by atoms with Crippen LogP contribution in [0.5, 0.6) is 23.0 Å². The predicted molar refractivity (Wildman–Crippen MR) is 136 cm³/mol. The Labute approximate surface area is 212 Å². The van der Waals surface area contributed by atoms with Crippen LogP contribution in [0, 0.1) is 6.92 Å². The van der Waals surface area contributed by atoms with Gasteiger partial charge in [-0.15, -0.1) is 0 Å². The van der Waals surface area contributed by atoms with Crippen molar-refractivity contribution in [2.45, 2.75) is 26.9 Å². The first-order valence-corrected chi connectivity index (χ1v) is 12.0. The van der Waals surface area contributed by atoms with Crippen molar-refractivity contribution >= 4 is 34.2 Å². The highest BCUT2D eigenvalue weighted by atomic mass is 35.5. The topological polar surface area (TPSA) is 61.1 Å². The molecular weight excluding hydrogens is 489 g/mol. The van der Waals surface area contributed by atoms with Gasteiger partial charge in [-0.3, -0.25) is 9.69 Å². The van der Waals surface area contributed by atoms with E-state index in [-0.39, 0.29) is 11.2 Å². The van der Waals surface area contributed by atoms with E-state index in [4.69, 9.17) is 41.8 Å². The highest BCUT2D eigenvalue weighted by Crippen LogP contribution is 2.36. The molecule has 0 unspecified atom stereocenters. The van der Waals surface area contributed by atoms with Crippen molar-refractivity contribution in [3.8, 4) is 23.0 Å². The second-order valence-corrected chi connectivity index (χ2v) is 9.06. The molecule has 0 N–H and O–H groups in total. The number of para-hydroxylation sites is 2. The number of rotatable bonds is 6. The molecule has 4 aromatic rings. The predicted octanol–water partition coefficient (Wildman–Crippen LogP) is 6.95. The van der Waals surface area contributed by atoms with Gasteiger partial charge in [0.25, 0.3) is 0 Å². The van der Waals surface area contributed by atoms with Gasteiger partial charge in [0.2, 0.25) is 11.2 Å². The fourth-order valence-corrected chi connectivity index (χ4v) is 4.60. The van der Waals surface area contributed by atoms with Crippen molar-refractivity contribution in [2.75, 3.05) is 13.3 Å². The van der Waals surface area contributed by atoms with Gasteiger partial charge in [0.05, 0.1) is 17.6 Å². The molecule has 1 aromatic heterocycles. The molecule has 0 bridgehead atoms.